The molecule has 1 saturated heterocycles. The second-order valence-electron chi connectivity index (χ2n) is 4.99. The molecule has 8 heteroatoms. The summed E-state index contributed by atoms with van der Waals surface area (Å²) >= 11 is 0. The molecule has 0 aromatic carbocycles. The Labute approximate surface area is 115 Å². The molecule has 1 aliphatic rings. The van der Waals surface area contributed by atoms with Crippen LogP contribution in [0, 0.1) is 5.92 Å². The standard InChI is InChI=1S/C12H13N3O4S/c16-12(17)9-2-1-3-11-13-10(14-15(9)11)6-8-4-5-20(18,19)7-8/h1-3,8H,4-7H2,(H,16,17). The van der Waals surface area contributed by atoms with Gasteiger partial charge in [0, 0.05) is 6.42 Å². The Bertz CT molecular complexity index is 781. The molecule has 0 saturated carbocycles. The number of carbonyl (C=O) groups is 1. The molecule has 0 spiro atoms. The zero-order chi connectivity index (χ0) is 14.3. The number of pyridine rings is 1. The Hall–Kier alpha value is -1.96. The summed E-state index contributed by atoms with van der Waals surface area (Å²) in [6.45, 7) is 0. The van der Waals surface area contributed by atoms with Gasteiger partial charge in [0.2, 0.25) is 0 Å². The Morgan fingerprint density at radius 3 is 2.90 bits per heavy atom. The Kier molecular flexibility index (Phi) is 2.97. The molecule has 1 N–H and O–H groups in total. The fourth-order valence-electron chi connectivity index (χ4n) is 2.49. The van der Waals surface area contributed by atoms with Gasteiger partial charge in [-0.15, -0.1) is 0 Å². The van der Waals surface area contributed by atoms with Crippen molar-refractivity contribution in [2.45, 2.75) is 12.8 Å². The number of hydrogen-bond donors (Lipinski definition) is 1. The highest BCUT2D eigenvalue weighted by atomic mass is 32.2. The Morgan fingerprint density at radius 1 is 1.45 bits per heavy atom. The van der Waals surface area contributed by atoms with Crippen LogP contribution in [-0.4, -0.2) is 45.6 Å². The van der Waals surface area contributed by atoms with Gasteiger partial charge in [0.25, 0.3) is 0 Å². The quantitative estimate of drug-likeness (QED) is 0.879. The van der Waals surface area contributed by atoms with Crippen molar-refractivity contribution in [2.75, 3.05) is 11.5 Å². The molecule has 1 unspecified atom stereocenters. The summed E-state index contributed by atoms with van der Waals surface area (Å²) in [7, 11) is -2.92. The summed E-state index contributed by atoms with van der Waals surface area (Å²) in [5.74, 6) is -0.193. The molecule has 2 aromatic heterocycles. The van der Waals surface area contributed by atoms with Crippen molar-refractivity contribution in [2.24, 2.45) is 5.92 Å². The van der Waals surface area contributed by atoms with Gasteiger partial charge in [-0.05, 0) is 24.5 Å². The van der Waals surface area contributed by atoms with Crippen molar-refractivity contribution in [1.82, 2.24) is 14.6 Å². The van der Waals surface area contributed by atoms with E-state index in [1.807, 2.05) is 0 Å². The highest BCUT2D eigenvalue weighted by Gasteiger charge is 2.29. The first kappa shape index (κ1) is 13.0. The van der Waals surface area contributed by atoms with Crippen LogP contribution in [0.4, 0.5) is 0 Å². The van der Waals surface area contributed by atoms with Gasteiger partial charge in [-0.3, -0.25) is 0 Å². The lowest BCUT2D eigenvalue weighted by molar-refractivity contribution is 0.0687. The van der Waals surface area contributed by atoms with Gasteiger partial charge in [0.05, 0.1) is 11.5 Å². The molecule has 1 aliphatic heterocycles. The van der Waals surface area contributed by atoms with Gasteiger partial charge < -0.3 is 5.11 Å². The maximum absolute atomic E-state index is 11.4. The molecule has 0 amide bonds. The molecule has 20 heavy (non-hydrogen) atoms. The predicted octanol–water partition coefficient (Wildman–Crippen LogP) is 0.405. The summed E-state index contributed by atoms with van der Waals surface area (Å²) in [5, 5.41) is 13.3. The fraction of sp³-hybridized carbons (Fsp3) is 0.417. The molecule has 106 valence electrons. The van der Waals surface area contributed by atoms with Gasteiger partial charge in [-0.25, -0.2) is 22.7 Å². The normalized spacial score (nSPS) is 21.3. The summed E-state index contributed by atoms with van der Waals surface area (Å²) in [4.78, 5) is 15.3. The van der Waals surface area contributed by atoms with Gasteiger partial charge in [0.15, 0.2) is 27.0 Å². The summed E-state index contributed by atoms with van der Waals surface area (Å²) in [6.07, 6.45) is 1.07. The van der Waals surface area contributed by atoms with Gasteiger partial charge in [-0.2, -0.15) is 5.10 Å². The minimum Gasteiger partial charge on any atom is -0.477 e. The van der Waals surface area contributed by atoms with Crippen LogP contribution in [0.15, 0.2) is 18.2 Å². The Balaban J connectivity index is 1.90. The SMILES string of the molecule is O=C(O)c1cccc2nc(CC3CCS(=O)(=O)C3)nn12. The maximum atomic E-state index is 11.4. The van der Waals surface area contributed by atoms with E-state index in [0.29, 0.717) is 24.3 Å². The third kappa shape index (κ3) is 2.38. The van der Waals surface area contributed by atoms with Gasteiger partial charge in [-0.1, -0.05) is 6.07 Å². The van der Waals surface area contributed by atoms with Crippen LogP contribution < -0.4 is 0 Å². The molecule has 1 fully saturated rings. The topological polar surface area (TPSA) is 102 Å². The molecular weight excluding hydrogens is 282 g/mol. The first-order chi connectivity index (χ1) is 9.44. The molecule has 0 radical (unpaired) electrons. The zero-order valence-corrected chi connectivity index (χ0v) is 11.4. The number of fused-ring (bicyclic) bond motifs is 1. The maximum Gasteiger partial charge on any atom is 0.354 e. The summed E-state index contributed by atoms with van der Waals surface area (Å²) in [5.41, 5.74) is 0.501. The van der Waals surface area contributed by atoms with Crippen LogP contribution in [0.25, 0.3) is 5.65 Å². The van der Waals surface area contributed by atoms with E-state index >= 15 is 0 Å². The van der Waals surface area contributed by atoms with Crippen LogP contribution in [0.1, 0.15) is 22.7 Å². The first-order valence-electron chi connectivity index (χ1n) is 6.23. The molecule has 0 bridgehead atoms. The van der Waals surface area contributed by atoms with Crippen LogP contribution in [0.2, 0.25) is 0 Å². The number of rotatable bonds is 3. The zero-order valence-electron chi connectivity index (χ0n) is 10.6. The average molecular weight is 295 g/mol. The molecular formula is C12H13N3O4S. The van der Waals surface area contributed by atoms with Crippen molar-refractivity contribution in [1.29, 1.82) is 0 Å². The monoisotopic (exact) mass is 295 g/mol. The third-order valence-electron chi connectivity index (χ3n) is 3.42. The molecule has 2 aromatic rings. The number of carboxylic acid groups (broad SMARTS) is 1. The Morgan fingerprint density at radius 2 is 2.25 bits per heavy atom. The lowest BCUT2D eigenvalue weighted by atomic mass is 10.1. The van der Waals surface area contributed by atoms with E-state index in [1.54, 1.807) is 12.1 Å². The van der Waals surface area contributed by atoms with Crippen molar-refractivity contribution < 1.29 is 18.3 Å². The second-order valence-corrected chi connectivity index (χ2v) is 7.22. The van der Waals surface area contributed by atoms with E-state index in [2.05, 4.69) is 10.1 Å². The highest BCUT2D eigenvalue weighted by molar-refractivity contribution is 7.91. The predicted molar refractivity (Wildman–Crippen MR) is 70.4 cm³/mol. The van der Waals surface area contributed by atoms with E-state index in [1.165, 1.54) is 10.6 Å². The lowest BCUT2D eigenvalue weighted by Crippen LogP contribution is -2.09. The highest BCUT2D eigenvalue weighted by Crippen LogP contribution is 2.21. The second kappa shape index (κ2) is 4.55. The van der Waals surface area contributed by atoms with Crippen molar-refractivity contribution in [3.63, 3.8) is 0 Å². The number of sulfone groups is 1. The van der Waals surface area contributed by atoms with Gasteiger partial charge in [0.1, 0.15) is 0 Å². The number of aromatic carboxylic acids is 1. The summed E-state index contributed by atoms with van der Waals surface area (Å²) < 4.78 is 24.1. The average Bonchev–Trinajstić information content (AvgIpc) is 2.91. The lowest BCUT2D eigenvalue weighted by Gasteiger charge is -2.02. The number of hydrogen-bond acceptors (Lipinski definition) is 5. The van der Waals surface area contributed by atoms with Crippen LogP contribution in [0.3, 0.4) is 0 Å². The molecule has 7 nitrogen and oxygen atoms in total. The van der Waals surface area contributed by atoms with E-state index in [0.717, 1.165) is 0 Å². The minimum absolute atomic E-state index is 0.0192. The molecule has 1 atom stereocenters. The third-order valence-corrected chi connectivity index (χ3v) is 5.26. The van der Waals surface area contributed by atoms with Crippen molar-refractivity contribution >= 4 is 21.5 Å². The minimum atomic E-state index is -2.92. The van der Waals surface area contributed by atoms with Gasteiger partial charge >= 0.3 is 5.97 Å². The first-order valence-corrected chi connectivity index (χ1v) is 8.05. The van der Waals surface area contributed by atoms with E-state index in [9.17, 15) is 13.2 Å². The smallest absolute Gasteiger partial charge is 0.354 e. The van der Waals surface area contributed by atoms with Crippen LogP contribution in [0.5, 0.6) is 0 Å². The van der Waals surface area contributed by atoms with E-state index < -0.39 is 15.8 Å². The largest absolute Gasteiger partial charge is 0.477 e. The van der Waals surface area contributed by atoms with Crippen molar-refractivity contribution in [3.05, 3.63) is 29.7 Å². The molecule has 3 rings (SSSR count). The molecule has 3 heterocycles. The molecule has 0 aliphatic carbocycles. The van der Waals surface area contributed by atoms with E-state index in [4.69, 9.17) is 5.11 Å². The van der Waals surface area contributed by atoms with Crippen LogP contribution in [-0.2, 0) is 16.3 Å². The number of carboxylic acids is 1. The number of nitrogens with zero attached hydrogens (tertiary/aromatic N) is 3. The number of aromatic nitrogens is 3. The fourth-order valence-corrected chi connectivity index (χ4v) is 4.35. The van der Waals surface area contributed by atoms with Crippen molar-refractivity contribution in [3.8, 4) is 0 Å². The van der Waals surface area contributed by atoms with E-state index in [-0.39, 0.29) is 23.1 Å². The van der Waals surface area contributed by atoms with Crippen LogP contribution >= 0.6 is 0 Å². The summed E-state index contributed by atoms with van der Waals surface area (Å²) in [6, 6.07) is 4.74.